The molecule has 0 aliphatic carbocycles. The number of carboxylic acid groups (broad SMARTS) is 1. The third kappa shape index (κ3) is 3.38. The molecule has 0 unspecified atom stereocenters. The first kappa shape index (κ1) is 15.8. The van der Waals surface area contributed by atoms with Gasteiger partial charge in [0.25, 0.3) is 0 Å². The Morgan fingerprint density at radius 2 is 1.78 bits per heavy atom. The number of phenols is 3. The van der Waals surface area contributed by atoms with Gasteiger partial charge in [-0.1, -0.05) is 12.1 Å². The number of aliphatic carboxylic acids is 1. The van der Waals surface area contributed by atoms with Crippen LogP contribution in [0.1, 0.15) is 11.1 Å². The molecular weight excluding hydrogens is 306 g/mol. The molecule has 0 amide bonds. The van der Waals surface area contributed by atoms with Gasteiger partial charge in [0.15, 0.2) is 5.75 Å². The zero-order valence-electron chi connectivity index (χ0n) is 11.5. The van der Waals surface area contributed by atoms with E-state index < -0.39 is 28.1 Å². The second-order valence-corrected chi connectivity index (χ2v) is 4.57. The molecule has 8 heteroatoms. The van der Waals surface area contributed by atoms with E-state index in [0.29, 0.717) is 0 Å². The van der Waals surface area contributed by atoms with Crippen molar-refractivity contribution < 1.29 is 30.1 Å². The molecule has 2 aromatic carbocycles. The maximum absolute atomic E-state index is 11.4. The van der Waals surface area contributed by atoms with Gasteiger partial charge in [0.2, 0.25) is 0 Å². The quantitative estimate of drug-likeness (QED) is 0.293. The van der Waals surface area contributed by atoms with Gasteiger partial charge in [-0.15, -0.1) is 0 Å². The highest BCUT2D eigenvalue weighted by atomic mass is 16.6. The van der Waals surface area contributed by atoms with E-state index in [-0.39, 0.29) is 22.4 Å². The van der Waals surface area contributed by atoms with Gasteiger partial charge in [-0.3, -0.25) is 10.1 Å². The Labute approximate surface area is 129 Å². The number of carbonyl (C=O) groups is 1. The molecule has 0 saturated heterocycles. The average molecular weight is 317 g/mol. The normalized spacial score (nSPS) is 11.2. The van der Waals surface area contributed by atoms with Gasteiger partial charge in [-0.2, -0.15) is 0 Å². The van der Waals surface area contributed by atoms with E-state index in [4.69, 9.17) is 0 Å². The molecule has 2 rings (SSSR count). The zero-order chi connectivity index (χ0) is 17.1. The number of phenolic OH excluding ortho intramolecular Hbond substituents is 3. The van der Waals surface area contributed by atoms with E-state index in [1.165, 1.54) is 24.3 Å². The van der Waals surface area contributed by atoms with E-state index >= 15 is 0 Å². The number of benzene rings is 2. The molecule has 0 bridgehead atoms. The lowest BCUT2D eigenvalue weighted by Gasteiger charge is -2.06. The van der Waals surface area contributed by atoms with E-state index in [9.17, 15) is 35.3 Å². The molecule has 0 fully saturated rings. The summed E-state index contributed by atoms with van der Waals surface area (Å²) >= 11 is 0. The van der Waals surface area contributed by atoms with Gasteiger partial charge in [0, 0.05) is 17.7 Å². The van der Waals surface area contributed by atoms with Crippen molar-refractivity contribution in [2.45, 2.75) is 0 Å². The number of nitro groups is 1. The summed E-state index contributed by atoms with van der Waals surface area (Å²) in [5, 5.41) is 48.7. The van der Waals surface area contributed by atoms with Crippen molar-refractivity contribution in [3.8, 4) is 17.2 Å². The van der Waals surface area contributed by atoms with Gasteiger partial charge >= 0.3 is 11.7 Å². The van der Waals surface area contributed by atoms with E-state index in [1.54, 1.807) is 0 Å². The minimum Gasteiger partial charge on any atom is -0.508 e. The fourth-order valence-electron chi connectivity index (χ4n) is 1.94. The largest absolute Gasteiger partial charge is 0.508 e. The summed E-state index contributed by atoms with van der Waals surface area (Å²) in [5.41, 5.74) is -0.978. The van der Waals surface area contributed by atoms with Crippen LogP contribution in [0.25, 0.3) is 11.6 Å². The molecular formula is C15H11NO7. The van der Waals surface area contributed by atoms with Crippen LogP contribution in [-0.4, -0.2) is 31.3 Å². The SMILES string of the molecule is O=C(O)/C(=C\c1cc([N+](=O)[O-])c(O)cc1O)c1cccc(O)c1. The van der Waals surface area contributed by atoms with E-state index in [1.807, 2.05) is 0 Å². The molecule has 8 nitrogen and oxygen atoms in total. The third-order valence-corrected chi connectivity index (χ3v) is 3.01. The number of hydrogen-bond acceptors (Lipinski definition) is 6. The maximum atomic E-state index is 11.4. The number of carboxylic acids is 1. The number of aromatic hydroxyl groups is 3. The average Bonchev–Trinajstić information content (AvgIpc) is 2.45. The van der Waals surface area contributed by atoms with Gasteiger partial charge in [-0.25, -0.2) is 4.79 Å². The van der Waals surface area contributed by atoms with Gasteiger partial charge < -0.3 is 20.4 Å². The lowest BCUT2D eigenvalue weighted by atomic mass is 10.0. The van der Waals surface area contributed by atoms with Gasteiger partial charge in [-0.05, 0) is 23.8 Å². The topological polar surface area (TPSA) is 141 Å². The Kier molecular flexibility index (Phi) is 4.17. The summed E-state index contributed by atoms with van der Waals surface area (Å²) in [6, 6.07) is 7.02. The predicted octanol–water partition coefficient (Wildman–Crippen LogP) is 2.34. The smallest absolute Gasteiger partial charge is 0.336 e. The second-order valence-electron chi connectivity index (χ2n) is 4.57. The van der Waals surface area contributed by atoms with E-state index in [0.717, 1.165) is 18.2 Å². The van der Waals surface area contributed by atoms with Crippen LogP contribution in [0.15, 0.2) is 36.4 Å². The van der Waals surface area contributed by atoms with Crippen LogP contribution in [0.2, 0.25) is 0 Å². The third-order valence-electron chi connectivity index (χ3n) is 3.01. The van der Waals surface area contributed by atoms with Crippen molar-refractivity contribution >= 4 is 23.3 Å². The molecule has 2 aromatic rings. The van der Waals surface area contributed by atoms with Crippen molar-refractivity contribution in [3.05, 3.63) is 57.6 Å². The van der Waals surface area contributed by atoms with Crippen LogP contribution in [0.4, 0.5) is 5.69 Å². The van der Waals surface area contributed by atoms with Crippen LogP contribution in [0.5, 0.6) is 17.2 Å². The monoisotopic (exact) mass is 317 g/mol. The van der Waals surface area contributed by atoms with Crippen molar-refractivity contribution in [2.24, 2.45) is 0 Å². The minimum atomic E-state index is -1.36. The fourth-order valence-corrected chi connectivity index (χ4v) is 1.94. The Morgan fingerprint density at radius 3 is 2.35 bits per heavy atom. The number of rotatable bonds is 4. The number of nitro benzene ring substituents is 1. The Balaban J connectivity index is 2.63. The first-order valence-electron chi connectivity index (χ1n) is 6.24. The maximum Gasteiger partial charge on any atom is 0.336 e. The fraction of sp³-hybridized carbons (Fsp3) is 0. The van der Waals surface area contributed by atoms with Gasteiger partial charge in [0.1, 0.15) is 11.5 Å². The zero-order valence-corrected chi connectivity index (χ0v) is 11.5. The molecule has 0 aliphatic rings. The highest BCUT2D eigenvalue weighted by Crippen LogP contribution is 2.35. The summed E-state index contributed by atoms with van der Waals surface area (Å²) in [6.45, 7) is 0. The first-order valence-corrected chi connectivity index (χ1v) is 6.24. The second kappa shape index (κ2) is 6.06. The van der Waals surface area contributed by atoms with E-state index in [2.05, 4.69) is 0 Å². The molecule has 23 heavy (non-hydrogen) atoms. The Hall–Kier alpha value is -3.55. The predicted molar refractivity (Wildman–Crippen MR) is 80.0 cm³/mol. The summed E-state index contributed by atoms with van der Waals surface area (Å²) in [6.07, 6.45) is 1.01. The van der Waals surface area contributed by atoms with Crippen molar-refractivity contribution in [1.82, 2.24) is 0 Å². The molecule has 0 saturated carbocycles. The molecule has 0 radical (unpaired) electrons. The minimum absolute atomic E-state index is 0.146. The van der Waals surface area contributed by atoms with Crippen molar-refractivity contribution in [1.29, 1.82) is 0 Å². The van der Waals surface area contributed by atoms with Crippen molar-refractivity contribution in [2.75, 3.05) is 0 Å². The molecule has 4 N–H and O–H groups in total. The molecule has 118 valence electrons. The number of nitrogens with zero attached hydrogens (tertiary/aromatic N) is 1. The lowest BCUT2D eigenvalue weighted by Crippen LogP contribution is -2.00. The molecule has 0 spiro atoms. The summed E-state index contributed by atoms with van der Waals surface area (Å²) in [7, 11) is 0. The highest BCUT2D eigenvalue weighted by Gasteiger charge is 2.19. The molecule has 0 atom stereocenters. The summed E-state index contributed by atoms with van der Waals surface area (Å²) < 4.78 is 0. The van der Waals surface area contributed by atoms with Crippen LogP contribution in [0.3, 0.4) is 0 Å². The van der Waals surface area contributed by atoms with Crippen LogP contribution < -0.4 is 0 Å². The van der Waals surface area contributed by atoms with Crippen LogP contribution in [-0.2, 0) is 4.79 Å². The molecule has 0 heterocycles. The van der Waals surface area contributed by atoms with Gasteiger partial charge in [0.05, 0.1) is 10.5 Å². The van der Waals surface area contributed by atoms with Crippen LogP contribution >= 0.6 is 0 Å². The Bertz CT molecular complexity index is 827. The molecule has 0 aromatic heterocycles. The highest BCUT2D eigenvalue weighted by molar-refractivity contribution is 6.21. The van der Waals surface area contributed by atoms with Crippen LogP contribution in [0, 0.1) is 10.1 Å². The Morgan fingerprint density at radius 1 is 1.09 bits per heavy atom. The molecule has 0 aliphatic heterocycles. The lowest BCUT2D eigenvalue weighted by molar-refractivity contribution is -0.385. The summed E-state index contributed by atoms with van der Waals surface area (Å²) in [5.74, 6) is -2.77. The summed E-state index contributed by atoms with van der Waals surface area (Å²) in [4.78, 5) is 21.4. The number of hydrogen-bond donors (Lipinski definition) is 4. The first-order chi connectivity index (χ1) is 10.8. The standard InChI is InChI=1S/C15H11NO7/c17-10-3-1-2-8(4-10)11(15(20)21)5-9-6-12(16(22)23)14(19)7-13(9)18/h1-7,17-19H,(H,20,21)/b11-5-. The van der Waals surface area contributed by atoms with Crippen molar-refractivity contribution in [3.63, 3.8) is 0 Å².